The van der Waals surface area contributed by atoms with Crippen LogP contribution < -0.4 is 4.57 Å². The van der Waals surface area contributed by atoms with Crippen molar-refractivity contribution in [1.82, 2.24) is 0 Å². The molecule has 0 saturated heterocycles. The molecule has 1 aromatic heterocycles. The largest absolute Gasteiger partial charge is 0.201 e. The van der Waals surface area contributed by atoms with Gasteiger partial charge in [0.2, 0.25) is 0 Å². The minimum Gasteiger partial charge on any atom is -0.201 e. The summed E-state index contributed by atoms with van der Waals surface area (Å²) in [4.78, 5) is 0. The summed E-state index contributed by atoms with van der Waals surface area (Å²) in [5.41, 5.74) is 1.51. The van der Waals surface area contributed by atoms with Crippen molar-refractivity contribution in [3.63, 3.8) is 0 Å². The lowest BCUT2D eigenvalue weighted by Gasteiger charge is -2.12. The van der Waals surface area contributed by atoms with Crippen LogP contribution in [0.4, 0.5) is 0 Å². The summed E-state index contributed by atoms with van der Waals surface area (Å²) in [5.74, 6) is 0. The van der Waals surface area contributed by atoms with E-state index in [4.69, 9.17) is 0 Å². The Labute approximate surface area is 76.1 Å². The lowest BCUT2D eigenvalue weighted by Crippen LogP contribution is -2.49. The van der Waals surface area contributed by atoms with Crippen LogP contribution in [0.25, 0.3) is 0 Å². The van der Waals surface area contributed by atoms with Crippen LogP contribution in [-0.4, -0.2) is 0 Å². The van der Waals surface area contributed by atoms with Gasteiger partial charge in [-0.3, -0.25) is 0 Å². The van der Waals surface area contributed by atoms with Gasteiger partial charge in [0.15, 0.2) is 17.9 Å². The van der Waals surface area contributed by atoms with Crippen molar-refractivity contribution < 1.29 is 4.57 Å². The van der Waals surface area contributed by atoms with E-state index in [0.717, 1.165) is 0 Å². The molecular weight excluding hydrogens is 146 g/mol. The van der Waals surface area contributed by atoms with Crippen LogP contribution >= 0.6 is 0 Å². The van der Waals surface area contributed by atoms with Crippen molar-refractivity contribution in [2.24, 2.45) is 0 Å². The van der Waals surface area contributed by atoms with Gasteiger partial charge < -0.3 is 0 Å². The van der Waals surface area contributed by atoms with Gasteiger partial charge >= 0.3 is 0 Å². The molecule has 0 bridgehead atoms. The molecule has 0 radical (unpaired) electrons. The van der Waals surface area contributed by atoms with Gasteiger partial charge in [0.1, 0.15) is 0 Å². The second-order valence-electron chi connectivity index (χ2n) is 3.95. The first kappa shape index (κ1) is 11.2. The second kappa shape index (κ2) is 3.70. The van der Waals surface area contributed by atoms with Crippen molar-refractivity contribution in [1.29, 1.82) is 0 Å². The molecule has 1 aromatic rings. The molecule has 0 spiro atoms. The van der Waals surface area contributed by atoms with Crippen LogP contribution in [0.1, 0.15) is 33.8 Å². The van der Waals surface area contributed by atoms with Gasteiger partial charge in [0.25, 0.3) is 0 Å². The Morgan fingerprint density at radius 3 is 1.83 bits per heavy atom. The third-order valence-electron chi connectivity index (χ3n) is 1.77. The van der Waals surface area contributed by atoms with Gasteiger partial charge in [0, 0.05) is 32.9 Å². The predicted octanol–water partition coefficient (Wildman–Crippen LogP) is 2.67. The van der Waals surface area contributed by atoms with Crippen molar-refractivity contribution in [2.45, 2.75) is 40.7 Å². The first-order valence-electron chi connectivity index (χ1n) is 3.98. The summed E-state index contributed by atoms with van der Waals surface area (Å²) < 4.78 is 2.21. The predicted molar refractivity (Wildman–Crippen MR) is 53.1 cm³/mol. The summed E-state index contributed by atoms with van der Waals surface area (Å²) in [5, 5.41) is 0. The van der Waals surface area contributed by atoms with Crippen molar-refractivity contribution in [3.8, 4) is 0 Å². The normalized spacial score (nSPS) is 10.7. The third kappa shape index (κ3) is 2.65. The maximum absolute atomic E-state index is 2.21. The van der Waals surface area contributed by atoms with Crippen molar-refractivity contribution >= 4 is 0 Å². The topological polar surface area (TPSA) is 3.88 Å². The molecule has 0 unspecified atom stereocenters. The first-order chi connectivity index (χ1) is 5.00. The van der Waals surface area contributed by atoms with Crippen LogP contribution in [-0.2, 0) is 5.54 Å². The summed E-state index contributed by atoms with van der Waals surface area (Å²) >= 11 is 0. The summed E-state index contributed by atoms with van der Waals surface area (Å²) in [6, 6.07) is 4.26. The second-order valence-corrected chi connectivity index (χ2v) is 3.95. The number of pyridine rings is 1. The fourth-order valence-corrected chi connectivity index (χ4v) is 0.948. The molecule has 0 amide bonds. The zero-order valence-electron chi connectivity index (χ0n) is 7.76. The van der Waals surface area contributed by atoms with E-state index in [1.807, 2.05) is 0 Å². The number of hydrogen-bond acceptors (Lipinski definition) is 0. The first-order valence-corrected chi connectivity index (χ1v) is 3.98. The maximum Gasteiger partial charge on any atom is 0.169 e. The molecule has 68 valence electrons. The molecule has 0 N–H and O–H groups in total. The fraction of sp³-hybridized carbons (Fsp3) is 0.545. The Kier molecular flexibility index (Phi) is 3.44. The average Bonchev–Trinajstić information content (AvgIpc) is 1.86. The number of rotatable bonds is 0. The molecular formula is C11H20N+. The molecule has 1 heterocycles. The number of nitrogens with zero attached hydrogens (tertiary/aromatic N) is 1. The monoisotopic (exact) mass is 166 g/mol. The minimum atomic E-state index is 0. The molecule has 0 aliphatic heterocycles. The summed E-state index contributed by atoms with van der Waals surface area (Å²) in [7, 11) is 0. The van der Waals surface area contributed by atoms with Crippen molar-refractivity contribution in [3.05, 3.63) is 30.1 Å². The Morgan fingerprint density at radius 1 is 1.08 bits per heavy atom. The molecule has 1 rings (SSSR count). The highest BCUT2D eigenvalue weighted by atomic mass is 15.0. The third-order valence-corrected chi connectivity index (χ3v) is 1.77. The van der Waals surface area contributed by atoms with E-state index in [-0.39, 0.29) is 13.0 Å². The molecule has 0 aliphatic carbocycles. The highest BCUT2D eigenvalue weighted by Crippen LogP contribution is 2.03. The quantitative estimate of drug-likeness (QED) is 0.522. The zero-order chi connectivity index (χ0) is 8.48. The van der Waals surface area contributed by atoms with Gasteiger partial charge in [-0.1, -0.05) is 7.43 Å². The highest BCUT2D eigenvalue weighted by molar-refractivity contribution is 5.03. The van der Waals surface area contributed by atoms with E-state index >= 15 is 0 Å². The SMILES string of the molecule is C.Cc1cc[n+](C(C)(C)C)cc1. The zero-order valence-corrected chi connectivity index (χ0v) is 7.76. The molecule has 0 aromatic carbocycles. The van der Waals surface area contributed by atoms with Gasteiger partial charge in [-0.15, -0.1) is 0 Å². The maximum atomic E-state index is 2.21. The van der Waals surface area contributed by atoms with Crippen molar-refractivity contribution in [2.75, 3.05) is 0 Å². The molecule has 0 saturated carbocycles. The fourth-order valence-electron chi connectivity index (χ4n) is 0.948. The lowest BCUT2D eigenvalue weighted by atomic mass is 10.1. The average molecular weight is 166 g/mol. The summed E-state index contributed by atoms with van der Waals surface area (Å²) in [6.07, 6.45) is 4.24. The Hall–Kier alpha value is -0.850. The van der Waals surface area contributed by atoms with Gasteiger partial charge in [-0.25, -0.2) is 4.57 Å². The van der Waals surface area contributed by atoms with E-state index in [1.54, 1.807) is 0 Å². The van der Waals surface area contributed by atoms with Gasteiger partial charge in [-0.2, -0.15) is 0 Å². The standard InChI is InChI=1S/C10H16N.CH4/c1-9-5-7-11(8-6-9)10(2,3)4;/h5-8H,1-4H3;1H4/q+1;. The van der Waals surface area contributed by atoms with E-state index in [2.05, 4.69) is 56.8 Å². The van der Waals surface area contributed by atoms with Crippen LogP contribution in [0.5, 0.6) is 0 Å². The number of aryl methyl sites for hydroxylation is 1. The van der Waals surface area contributed by atoms with Crippen LogP contribution in [0.3, 0.4) is 0 Å². The van der Waals surface area contributed by atoms with E-state index in [9.17, 15) is 0 Å². The smallest absolute Gasteiger partial charge is 0.169 e. The van der Waals surface area contributed by atoms with E-state index in [0.29, 0.717) is 0 Å². The molecule has 1 heteroatoms. The Morgan fingerprint density at radius 2 is 1.50 bits per heavy atom. The van der Waals surface area contributed by atoms with Crippen LogP contribution in [0.2, 0.25) is 0 Å². The summed E-state index contributed by atoms with van der Waals surface area (Å²) in [6.45, 7) is 8.69. The van der Waals surface area contributed by atoms with Crippen LogP contribution in [0.15, 0.2) is 24.5 Å². The molecule has 0 fully saturated rings. The lowest BCUT2D eigenvalue weighted by molar-refractivity contribution is -0.754. The van der Waals surface area contributed by atoms with E-state index in [1.165, 1.54) is 5.56 Å². The number of aromatic nitrogens is 1. The van der Waals surface area contributed by atoms with E-state index < -0.39 is 0 Å². The van der Waals surface area contributed by atoms with Crippen LogP contribution in [0, 0.1) is 6.92 Å². The molecule has 0 atom stereocenters. The molecule has 0 aliphatic rings. The number of hydrogen-bond donors (Lipinski definition) is 0. The molecule has 12 heavy (non-hydrogen) atoms. The Balaban J connectivity index is 0.00000121. The minimum absolute atomic E-state index is 0. The van der Waals surface area contributed by atoms with Gasteiger partial charge in [-0.05, 0) is 12.5 Å². The highest BCUT2D eigenvalue weighted by Gasteiger charge is 2.19. The Bertz CT molecular complexity index is 228. The van der Waals surface area contributed by atoms with Gasteiger partial charge in [0.05, 0.1) is 0 Å². The molecule has 1 nitrogen and oxygen atoms in total.